The van der Waals surface area contributed by atoms with Crippen LogP contribution in [0.1, 0.15) is 39.2 Å². The Bertz CT molecular complexity index is 613. The second-order valence-electron chi connectivity index (χ2n) is 6.56. The molecular formula is C16H21ClN4O2. The van der Waals surface area contributed by atoms with Gasteiger partial charge in [0.25, 0.3) is 0 Å². The lowest BCUT2D eigenvalue weighted by atomic mass is 10.1. The van der Waals surface area contributed by atoms with Gasteiger partial charge >= 0.3 is 6.09 Å². The molecule has 0 aliphatic carbocycles. The van der Waals surface area contributed by atoms with Crippen molar-refractivity contribution in [3.8, 4) is 6.07 Å². The minimum absolute atomic E-state index is 0.186. The van der Waals surface area contributed by atoms with Crippen molar-refractivity contribution in [2.24, 2.45) is 0 Å². The van der Waals surface area contributed by atoms with Gasteiger partial charge in [0.15, 0.2) is 0 Å². The Morgan fingerprint density at radius 3 is 2.65 bits per heavy atom. The topological polar surface area (TPSA) is 78.2 Å². The van der Waals surface area contributed by atoms with Crippen molar-refractivity contribution in [3.63, 3.8) is 0 Å². The normalized spacial score (nSPS) is 15.9. The number of carbonyl (C=O) groups is 1. The zero-order chi connectivity index (χ0) is 17.0. The van der Waals surface area contributed by atoms with Crippen LogP contribution in [0.4, 0.5) is 10.6 Å². The third kappa shape index (κ3) is 5.29. The highest BCUT2D eigenvalue weighted by Crippen LogP contribution is 2.20. The molecule has 2 heterocycles. The number of pyridine rings is 1. The van der Waals surface area contributed by atoms with Crippen LogP contribution < -0.4 is 5.32 Å². The average Bonchev–Trinajstić information content (AvgIpc) is 2.45. The molecular weight excluding hydrogens is 316 g/mol. The van der Waals surface area contributed by atoms with Crippen molar-refractivity contribution in [1.29, 1.82) is 5.26 Å². The number of rotatable bonds is 2. The predicted octanol–water partition coefficient (Wildman–Crippen LogP) is 3.42. The van der Waals surface area contributed by atoms with Crippen LogP contribution in [-0.2, 0) is 4.74 Å². The van der Waals surface area contributed by atoms with E-state index >= 15 is 0 Å². The zero-order valence-corrected chi connectivity index (χ0v) is 14.4. The standard InChI is InChI=1S/C16H21ClN4O2/c1-16(2,3)23-15(22)21-6-4-12(5-7-21)19-14-9-11(10-18)8-13(17)20-14/h8-9,12H,4-7H2,1-3H3,(H,19,20). The van der Waals surface area contributed by atoms with Gasteiger partial charge in [0.1, 0.15) is 16.6 Å². The molecule has 0 unspecified atom stereocenters. The van der Waals surface area contributed by atoms with Gasteiger partial charge in [-0.1, -0.05) is 11.6 Å². The summed E-state index contributed by atoms with van der Waals surface area (Å²) in [6.45, 7) is 6.82. The number of likely N-dealkylation sites (tertiary alicyclic amines) is 1. The second kappa shape index (κ2) is 7.05. The van der Waals surface area contributed by atoms with Crippen LogP contribution in [0.5, 0.6) is 0 Å². The SMILES string of the molecule is CC(C)(C)OC(=O)N1CCC(Nc2cc(C#N)cc(Cl)n2)CC1. The average molecular weight is 337 g/mol. The van der Waals surface area contributed by atoms with Gasteiger partial charge in [0, 0.05) is 19.1 Å². The van der Waals surface area contributed by atoms with E-state index in [0.717, 1.165) is 12.8 Å². The van der Waals surface area contributed by atoms with Crippen LogP contribution in [0.2, 0.25) is 5.15 Å². The molecule has 2 rings (SSSR count). The van der Waals surface area contributed by atoms with Gasteiger partial charge in [-0.05, 0) is 45.7 Å². The lowest BCUT2D eigenvalue weighted by Gasteiger charge is -2.33. The number of amides is 1. The fourth-order valence-electron chi connectivity index (χ4n) is 2.38. The molecule has 1 fully saturated rings. The molecule has 1 aliphatic rings. The first-order valence-corrected chi connectivity index (χ1v) is 7.97. The number of anilines is 1. The molecule has 124 valence electrons. The lowest BCUT2D eigenvalue weighted by molar-refractivity contribution is 0.0210. The third-order valence-corrected chi connectivity index (χ3v) is 3.62. The van der Waals surface area contributed by atoms with E-state index in [-0.39, 0.29) is 17.3 Å². The van der Waals surface area contributed by atoms with E-state index in [4.69, 9.17) is 21.6 Å². The van der Waals surface area contributed by atoms with Crippen LogP contribution in [0.15, 0.2) is 12.1 Å². The van der Waals surface area contributed by atoms with Crippen molar-refractivity contribution >= 4 is 23.5 Å². The minimum atomic E-state index is -0.482. The van der Waals surface area contributed by atoms with Gasteiger partial charge in [0.2, 0.25) is 0 Å². The smallest absolute Gasteiger partial charge is 0.410 e. The molecule has 1 aliphatic heterocycles. The number of piperidine rings is 1. The number of carbonyl (C=O) groups excluding carboxylic acids is 1. The molecule has 0 bridgehead atoms. The van der Waals surface area contributed by atoms with Gasteiger partial charge in [-0.3, -0.25) is 0 Å². The van der Waals surface area contributed by atoms with Crippen LogP contribution in [-0.4, -0.2) is 40.7 Å². The van der Waals surface area contributed by atoms with Gasteiger partial charge in [-0.2, -0.15) is 5.26 Å². The van der Waals surface area contributed by atoms with Gasteiger partial charge in [-0.15, -0.1) is 0 Å². The van der Waals surface area contributed by atoms with E-state index in [1.54, 1.807) is 11.0 Å². The number of ether oxygens (including phenoxy) is 1. The monoisotopic (exact) mass is 336 g/mol. The number of hydrogen-bond acceptors (Lipinski definition) is 5. The van der Waals surface area contributed by atoms with Crippen molar-refractivity contribution in [2.75, 3.05) is 18.4 Å². The molecule has 1 saturated heterocycles. The Morgan fingerprint density at radius 2 is 2.09 bits per heavy atom. The molecule has 7 heteroatoms. The number of nitrogens with one attached hydrogen (secondary N) is 1. The summed E-state index contributed by atoms with van der Waals surface area (Å²) >= 11 is 5.90. The first-order chi connectivity index (χ1) is 10.8. The molecule has 23 heavy (non-hydrogen) atoms. The first kappa shape index (κ1) is 17.4. The Kier molecular flexibility index (Phi) is 5.32. The largest absolute Gasteiger partial charge is 0.444 e. The molecule has 1 aromatic heterocycles. The highest BCUT2D eigenvalue weighted by Gasteiger charge is 2.26. The zero-order valence-electron chi connectivity index (χ0n) is 13.6. The van der Waals surface area contributed by atoms with Crippen LogP contribution in [0.25, 0.3) is 0 Å². The Balaban J connectivity index is 1.89. The summed E-state index contributed by atoms with van der Waals surface area (Å²) in [7, 11) is 0. The molecule has 0 aromatic carbocycles. The first-order valence-electron chi connectivity index (χ1n) is 7.59. The van der Waals surface area contributed by atoms with E-state index in [1.807, 2.05) is 20.8 Å². The molecule has 1 aromatic rings. The van der Waals surface area contributed by atoms with Crippen LogP contribution >= 0.6 is 11.6 Å². The summed E-state index contributed by atoms with van der Waals surface area (Å²) in [5, 5.41) is 12.5. The fourth-order valence-corrected chi connectivity index (χ4v) is 2.59. The quantitative estimate of drug-likeness (QED) is 0.837. The summed E-state index contributed by atoms with van der Waals surface area (Å²) in [5.74, 6) is 0.588. The number of nitrogens with zero attached hydrogens (tertiary/aromatic N) is 3. The maximum Gasteiger partial charge on any atom is 0.410 e. The van der Waals surface area contributed by atoms with E-state index < -0.39 is 5.60 Å². The maximum absolute atomic E-state index is 12.0. The number of aromatic nitrogens is 1. The molecule has 0 saturated carbocycles. The fraction of sp³-hybridized carbons (Fsp3) is 0.562. The van der Waals surface area contributed by atoms with Gasteiger partial charge < -0.3 is 15.0 Å². The van der Waals surface area contributed by atoms with Crippen molar-refractivity contribution in [2.45, 2.75) is 45.3 Å². The summed E-state index contributed by atoms with van der Waals surface area (Å²) in [6.07, 6.45) is 1.30. The Labute approximate surface area is 141 Å². The summed E-state index contributed by atoms with van der Waals surface area (Å²) < 4.78 is 5.38. The minimum Gasteiger partial charge on any atom is -0.444 e. The molecule has 1 N–H and O–H groups in total. The van der Waals surface area contributed by atoms with E-state index in [1.165, 1.54) is 6.07 Å². The Morgan fingerprint density at radius 1 is 1.43 bits per heavy atom. The number of hydrogen-bond donors (Lipinski definition) is 1. The maximum atomic E-state index is 12.0. The molecule has 0 atom stereocenters. The van der Waals surface area contributed by atoms with Gasteiger partial charge in [-0.25, -0.2) is 9.78 Å². The molecule has 0 radical (unpaired) electrons. The second-order valence-corrected chi connectivity index (χ2v) is 6.95. The van der Waals surface area contributed by atoms with Crippen molar-refractivity contribution < 1.29 is 9.53 Å². The molecule has 1 amide bonds. The molecule has 6 nitrogen and oxygen atoms in total. The highest BCUT2D eigenvalue weighted by atomic mass is 35.5. The van der Waals surface area contributed by atoms with E-state index in [2.05, 4.69) is 16.4 Å². The van der Waals surface area contributed by atoms with Crippen LogP contribution in [0.3, 0.4) is 0 Å². The third-order valence-electron chi connectivity index (χ3n) is 3.42. The molecule has 0 spiro atoms. The Hall–Kier alpha value is -2.00. The predicted molar refractivity (Wildman–Crippen MR) is 88.4 cm³/mol. The summed E-state index contributed by atoms with van der Waals surface area (Å²) in [5.41, 5.74) is -0.0106. The van der Waals surface area contributed by atoms with Crippen molar-refractivity contribution in [3.05, 3.63) is 22.8 Å². The lowest BCUT2D eigenvalue weighted by Crippen LogP contribution is -2.44. The van der Waals surface area contributed by atoms with Gasteiger partial charge in [0.05, 0.1) is 11.6 Å². The highest BCUT2D eigenvalue weighted by molar-refractivity contribution is 6.29. The van der Waals surface area contributed by atoms with Crippen molar-refractivity contribution in [1.82, 2.24) is 9.88 Å². The summed E-state index contributed by atoms with van der Waals surface area (Å²) in [4.78, 5) is 17.9. The number of nitriles is 1. The van der Waals surface area contributed by atoms with E-state index in [9.17, 15) is 4.79 Å². The number of halogens is 1. The van der Waals surface area contributed by atoms with Crippen LogP contribution in [0, 0.1) is 11.3 Å². The van der Waals surface area contributed by atoms with E-state index in [0.29, 0.717) is 24.5 Å². The summed E-state index contributed by atoms with van der Waals surface area (Å²) in [6, 6.07) is 5.44.